The summed E-state index contributed by atoms with van der Waals surface area (Å²) in [7, 11) is 2.07. The van der Waals surface area contributed by atoms with Crippen LogP contribution in [0, 0.1) is 12.3 Å². The van der Waals surface area contributed by atoms with Crippen LogP contribution in [0.1, 0.15) is 43.9 Å². The van der Waals surface area contributed by atoms with E-state index in [4.69, 9.17) is 0 Å². The second kappa shape index (κ2) is 6.06. The average Bonchev–Trinajstić information content (AvgIpc) is 2.39. The van der Waals surface area contributed by atoms with Gasteiger partial charge in [0.1, 0.15) is 0 Å². The van der Waals surface area contributed by atoms with Crippen LogP contribution in [0.4, 0.5) is 0 Å². The molecule has 1 atom stereocenters. The first-order valence-electron chi connectivity index (χ1n) is 7.47. The van der Waals surface area contributed by atoms with Crippen molar-refractivity contribution in [2.75, 3.05) is 26.7 Å². The molecule has 1 aliphatic rings. The molecule has 1 heterocycles. The van der Waals surface area contributed by atoms with Crippen LogP contribution in [0.15, 0.2) is 24.3 Å². The molecule has 2 nitrogen and oxygen atoms in total. The molecule has 1 aromatic carbocycles. The van der Waals surface area contributed by atoms with Crippen LogP contribution in [0.2, 0.25) is 0 Å². The summed E-state index contributed by atoms with van der Waals surface area (Å²) in [6, 6.07) is 9.17. The maximum Gasteiger partial charge on any atom is 0.0449 e. The Bertz CT molecular complexity index is 401. The highest BCUT2D eigenvalue weighted by molar-refractivity contribution is 5.29. The van der Waals surface area contributed by atoms with Gasteiger partial charge in [-0.05, 0) is 56.4 Å². The van der Waals surface area contributed by atoms with Gasteiger partial charge < -0.3 is 10.2 Å². The molecule has 0 spiro atoms. The SMILES string of the molecule is CNC(CN1CCC(C)(C)CC1)c1ccccc1C. The zero-order valence-corrected chi connectivity index (χ0v) is 12.9. The number of rotatable bonds is 4. The Morgan fingerprint density at radius 1 is 1.21 bits per heavy atom. The predicted octanol–water partition coefficient (Wildman–Crippen LogP) is 3.38. The van der Waals surface area contributed by atoms with E-state index in [2.05, 4.69) is 62.3 Å². The third-order valence-electron chi connectivity index (χ3n) is 4.56. The van der Waals surface area contributed by atoms with Crippen LogP contribution in [0.25, 0.3) is 0 Å². The normalized spacial score (nSPS) is 21.3. The van der Waals surface area contributed by atoms with Gasteiger partial charge in [-0.2, -0.15) is 0 Å². The summed E-state index contributed by atoms with van der Waals surface area (Å²) in [5, 5.41) is 3.49. The molecule has 1 unspecified atom stereocenters. The third-order valence-corrected chi connectivity index (χ3v) is 4.56. The Balaban J connectivity index is 1.99. The summed E-state index contributed by atoms with van der Waals surface area (Å²) in [5.41, 5.74) is 3.36. The maximum atomic E-state index is 3.49. The van der Waals surface area contributed by atoms with E-state index in [0.717, 1.165) is 6.54 Å². The summed E-state index contributed by atoms with van der Waals surface area (Å²) in [5.74, 6) is 0. The van der Waals surface area contributed by atoms with E-state index in [1.807, 2.05) is 0 Å². The van der Waals surface area contributed by atoms with E-state index in [9.17, 15) is 0 Å². The van der Waals surface area contributed by atoms with Crippen LogP contribution in [0.5, 0.6) is 0 Å². The molecule has 2 heteroatoms. The molecular formula is C17H28N2. The lowest BCUT2D eigenvalue weighted by Gasteiger charge is -2.38. The van der Waals surface area contributed by atoms with Crippen LogP contribution in [-0.2, 0) is 0 Å². The minimum absolute atomic E-state index is 0.447. The van der Waals surface area contributed by atoms with Crippen LogP contribution in [0.3, 0.4) is 0 Å². The number of hydrogen-bond donors (Lipinski definition) is 1. The fraction of sp³-hybridized carbons (Fsp3) is 0.647. The molecule has 1 fully saturated rings. The molecule has 0 aromatic heterocycles. The third kappa shape index (κ3) is 3.80. The van der Waals surface area contributed by atoms with Crippen LogP contribution < -0.4 is 5.32 Å². The molecule has 0 saturated carbocycles. The number of likely N-dealkylation sites (tertiary alicyclic amines) is 1. The van der Waals surface area contributed by atoms with Gasteiger partial charge in [0.25, 0.3) is 0 Å². The second-order valence-corrected chi connectivity index (χ2v) is 6.66. The maximum absolute atomic E-state index is 3.49. The second-order valence-electron chi connectivity index (χ2n) is 6.66. The summed E-state index contributed by atoms with van der Waals surface area (Å²) in [6.45, 7) is 10.6. The highest BCUT2D eigenvalue weighted by Crippen LogP contribution is 2.30. The van der Waals surface area contributed by atoms with Crippen molar-refractivity contribution in [3.05, 3.63) is 35.4 Å². The summed E-state index contributed by atoms with van der Waals surface area (Å²) < 4.78 is 0. The molecule has 0 radical (unpaired) electrons. The first-order valence-corrected chi connectivity index (χ1v) is 7.47. The first-order chi connectivity index (χ1) is 9.02. The molecule has 1 N–H and O–H groups in total. The highest BCUT2D eigenvalue weighted by Gasteiger charge is 2.26. The Morgan fingerprint density at radius 2 is 1.84 bits per heavy atom. The van der Waals surface area contributed by atoms with Crippen molar-refractivity contribution in [1.29, 1.82) is 0 Å². The molecule has 19 heavy (non-hydrogen) atoms. The van der Waals surface area contributed by atoms with E-state index in [-0.39, 0.29) is 0 Å². The van der Waals surface area contributed by atoms with Gasteiger partial charge in [0.2, 0.25) is 0 Å². The number of aryl methyl sites for hydroxylation is 1. The molecule has 0 amide bonds. The van der Waals surface area contributed by atoms with Crippen LogP contribution >= 0.6 is 0 Å². The minimum atomic E-state index is 0.447. The predicted molar refractivity (Wildman–Crippen MR) is 82.4 cm³/mol. The quantitative estimate of drug-likeness (QED) is 0.893. The number of nitrogens with one attached hydrogen (secondary N) is 1. The van der Waals surface area contributed by atoms with E-state index in [0.29, 0.717) is 11.5 Å². The van der Waals surface area contributed by atoms with E-state index in [1.54, 1.807) is 0 Å². The van der Waals surface area contributed by atoms with Crippen molar-refractivity contribution in [2.45, 2.75) is 39.7 Å². The van der Waals surface area contributed by atoms with E-state index in [1.165, 1.54) is 37.1 Å². The van der Waals surface area contributed by atoms with Gasteiger partial charge in [-0.15, -0.1) is 0 Å². The topological polar surface area (TPSA) is 15.3 Å². The Morgan fingerprint density at radius 3 is 2.42 bits per heavy atom. The van der Waals surface area contributed by atoms with E-state index >= 15 is 0 Å². The van der Waals surface area contributed by atoms with Gasteiger partial charge in [0.15, 0.2) is 0 Å². The Labute approximate surface area is 118 Å². The monoisotopic (exact) mass is 260 g/mol. The lowest BCUT2D eigenvalue weighted by atomic mass is 9.82. The number of nitrogens with zero attached hydrogens (tertiary/aromatic N) is 1. The molecule has 1 aliphatic heterocycles. The smallest absolute Gasteiger partial charge is 0.0449 e. The summed E-state index contributed by atoms with van der Waals surface area (Å²) in [4.78, 5) is 2.61. The minimum Gasteiger partial charge on any atom is -0.312 e. The highest BCUT2D eigenvalue weighted by atomic mass is 15.2. The molecule has 1 saturated heterocycles. The standard InChI is InChI=1S/C17H28N2/c1-14-7-5-6-8-15(14)16(18-4)13-19-11-9-17(2,3)10-12-19/h5-8,16,18H,9-13H2,1-4H3. The number of piperidine rings is 1. The lowest BCUT2D eigenvalue weighted by Crippen LogP contribution is -2.41. The average molecular weight is 260 g/mol. The zero-order chi connectivity index (χ0) is 13.9. The summed E-state index contributed by atoms with van der Waals surface area (Å²) >= 11 is 0. The van der Waals surface area contributed by atoms with E-state index < -0.39 is 0 Å². The first kappa shape index (κ1) is 14.5. The van der Waals surface area contributed by atoms with Crippen molar-refractivity contribution in [2.24, 2.45) is 5.41 Å². The van der Waals surface area contributed by atoms with Crippen molar-refractivity contribution < 1.29 is 0 Å². The zero-order valence-electron chi connectivity index (χ0n) is 12.9. The Kier molecular flexibility index (Phi) is 4.64. The van der Waals surface area contributed by atoms with Gasteiger partial charge in [0.05, 0.1) is 0 Å². The van der Waals surface area contributed by atoms with Crippen LogP contribution in [-0.4, -0.2) is 31.6 Å². The molecule has 0 aliphatic carbocycles. The number of benzene rings is 1. The van der Waals surface area contributed by atoms with Gasteiger partial charge in [0, 0.05) is 12.6 Å². The van der Waals surface area contributed by atoms with Crippen molar-refractivity contribution in [3.8, 4) is 0 Å². The summed E-state index contributed by atoms with van der Waals surface area (Å²) in [6.07, 6.45) is 2.63. The van der Waals surface area contributed by atoms with Crippen molar-refractivity contribution in [3.63, 3.8) is 0 Å². The lowest BCUT2D eigenvalue weighted by molar-refractivity contribution is 0.123. The fourth-order valence-corrected chi connectivity index (χ4v) is 2.92. The molecule has 0 bridgehead atoms. The molecule has 106 valence electrons. The van der Waals surface area contributed by atoms with Crippen molar-refractivity contribution >= 4 is 0 Å². The van der Waals surface area contributed by atoms with Gasteiger partial charge in [-0.1, -0.05) is 38.1 Å². The van der Waals surface area contributed by atoms with Gasteiger partial charge in [-0.25, -0.2) is 0 Å². The number of likely N-dealkylation sites (N-methyl/N-ethyl adjacent to an activating group) is 1. The largest absolute Gasteiger partial charge is 0.312 e. The van der Waals surface area contributed by atoms with Crippen molar-refractivity contribution in [1.82, 2.24) is 10.2 Å². The number of hydrogen-bond acceptors (Lipinski definition) is 2. The van der Waals surface area contributed by atoms with Gasteiger partial charge in [-0.3, -0.25) is 0 Å². The fourth-order valence-electron chi connectivity index (χ4n) is 2.92. The molecule has 1 aromatic rings. The molecular weight excluding hydrogens is 232 g/mol. The van der Waals surface area contributed by atoms with Gasteiger partial charge >= 0.3 is 0 Å². The Hall–Kier alpha value is -0.860. The molecule has 2 rings (SSSR count).